The lowest BCUT2D eigenvalue weighted by atomic mass is 9.67. The fraction of sp³-hybridized carbons (Fsp3) is 0.500. The first-order valence-corrected chi connectivity index (χ1v) is 10.3. The molecule has 26 heavy (non-hydrogen) atoms. The molecule has 0 amide bonds. The topological polar surface area (TPSA) is 98.2 Å². The van der Waals surface area contributed by atoms with Gasteiger partial charge >= 0.3 is 0 Å². The fourth-order valence-electron chi connectivity index (χ4n) is 4.48. The Morgan fingerprint density at radius 1 is 1.12 bits per heavy atom. The number of halogens is 1. The molecule has 0 radical (unpaired) electrons. The predicted molar refractivity (Wildman–Crippen MR) is 101 cm³/mol. The molecular formula is C18H24ClN3O3S. The average molecular weight is 398 g/mol. The zero-order valence-electron chi connectivity index (χ0n) is 14.4. The first-order chi connectivity index (χ1) is 12.0. The summed E-state index contributed by atoms with van der Waals surface area (Å²) in [7, 11) is -3.65. The van der Waals surface area contributed by atoms with Crippen LogP contribution in [0.1, 0.15) is 32.1 Å². The maximum absolute atomic E-state index is 13.1. The Hall–Kier alpha value is -1.41. The molecule has 2 unspecified atom stereocenters. The number of sulfonamides is 1. The van der Waals surface area contributed by atoms with Crippen LogP contribution < -0.4 is 10.5 Å². The van der Waals surface area contributed by atoms with E-state index in [-0.39, 0.29) is 29.4 Å². The highest BCUT2D eigenvalue weighted by Crippen LogP contribution is 2.40. The summed E-state index contributed by atoms with van der Waals surface area (Å²) >= 11 is 0. The Balaban J connectivity index is 0.00000196. The van der Waals surface area contributed by atoms with Gasteiger partial charge in [-0.05, 0) is 49.7 Å². The molecule has 2 fully saturated rings. The van der Waals surface area contributed by atoms with Gasteiger partial charge in [0, 0.05) is 23.7 Å². The Bertz CT molecular complexity index is 827. The van der Waals surface area contributed by atoms with Crippen LogP contribution in [0.15, 0.2) is 45.9 Å². The number of hydrogen-bond donors (Lipinski definition) is 2. The number of benzene rings is 1. The van der Waals surface area contributed by atoms with Crippen molar-refractivity contribution < 1.29 is 12.9 Å². The van der Waals surface area contributed by atoms with E-state index in [0.29, 0.717) is 23.2 Å². The van der Waals surface area contributed by atoms with Crippen molar-refractivity contribution in [3.05, 3.63) is 36.5 Å². The van der Waals surface area contributed by atoms with E-state index in [4.69, 9.17) is 10.3 Å². The zero-order valence-corrected chi connectivity index (χ0v) is 16.0. The molecule has 0 saturated heterocycles. The SMILES string of the molecule is Cl.NC1CC2CCCC(C1)C2NS(=O)(=O)c1ccccc1-c1ccno1. The van der Waals surface area contributed by atoms with E-state index < -0.39 is 10.0 Å². The minimum atomic E-state index is -3.65. The van der Waals surface area contributed by atoms with Crippen molar-refractivity contribution in [2.45, 2.75) is 49.1 Å². The standard InChI is InChI=1S/C18H23N3O3S.ClH/c19-14-10-12-4-3-5-13(11-14)18(12)21-25(22,23)17-7-2-1-6-15(17)16-8-9-20-24-16;/h1-2,6-9,12-14,18,21H,3-5,10-11,19H2;1H. The number of nitrogens with two attached hydrogens (primary N) is 1. The summed E-state index contributed by atoms with van der Waals surface area (Å²) < 4.78 is 34.4. The molecule has 8 heteroatoms. The molecule has 2 bridgehead atoms. The molecule has 3 N–H and O–H groups in total. The number of rotatable bonds is 4. The van der Waals surface area contributed by atoms with Gasteiger partial charge in [0.05, 0.1) is 11.1 Å². The lowest BCUT2D eigenvalue weighted by Gasteiger charge is -2.45. The summed E-state index contributed by atoms with van der Waals surface area (Å²) in [5.41, 5.74) is 6.69. The van der Waals surface area contributed by atoms with Crippen LogP contribution in [0.25, 0.3) is 11.3 Å². The Morgan fingerprint density at radius 2 is 1.81 bits per heavy atom. The highest BCUT2D eigenvalue weighted by molar-refractivity contribution is 7.89. The molecule has 2 aliphatic rings. The molecule has 2 aromatic rings. The van der Waals surface area contributed by atoms with Crippen LogP contribution in [-0.4, -0.2) is 25.7 Å². The van der Waals surface area contributed by atoms with E-state index in [9.17, 15) is 8.42 Å². The third-order valence-electron chi connectivity index (χ3n) is 5.55. The van der Waals surface area contributed by atoms with Crippen molar-refractivity contribution in [1.29, 1.82) is 0 Å². The van der Waals surface area contributed by atoms with Gasteiger partial charge < -0.3 is 10.3 Å². The zero-order chi connectivity index (χ0) is 17.4. The summed E-state index contributed by atoms with van der Waals surface area (Å²) in [6, 6.07) is 8.72. The normalized spacial score (nSPS) is 28.3. The van der Waals surface area contributed by atoms with Crippen LogP contribution in [0.2, 0.25) is 0 Å². The molecule has 6 nitrogen and oxygen atoms in total. The number of nitrogens with one attached hydrogen (secondary N) is 1. The highest BCUT2D eigenvalue weighted by atomic mass is 35.5. The van der Waals surface area contributed by atoms with Crippen molar-refractivity contribution >= 4 is 22.4 Å². The van der Waals surface area contributed by atoms with Gasteiger partial charge in [-0.2, -0.15) is 0 Å². The second kappa shape index (κ2) is 7.68. The van der Waals surface area contributed by atoms with Crippen molar-refractivity contribution in [2.24, 2.45) is 17.6 Å². The summed E-state index contributed by atoms with van der Waals surface area (Å²) in [5, 5.41) is 3.69. The van der Waals surface area contributed by atoms with Crippen molar-refractivity contribution in [3.8, 4) is 11.3 Å². The monoisotopic (exact) mass is 397 g/mol. The molecular weight excluding hydrogens is 374 g/mol. The van der Waals surface area contributed by atoms with E-state index in [0.717, 1.165) is 32.1 Å². The molecule has 0 spiro atoms. The molecule has 2 aliphatic carbocycles. The van der Waals surface area contributed by atoms with E-state index in [2.05, 4.69) is 9.88 Å². The first-order valence-electron chi connectivity index (χ1n) is 8.82. The number of nitrogens with zero attached hydrogens (tertiary/aromatic N) is 1. The van der Waals surface area contributed by atoms with Crippen molar-refractivity contribution in [3.63, 3.8) is 0 Å². The van der Waals surface area contributed by atoms with Crippen LogP contribution >= 0.6 is 12.4 Å². The quantitative estimate of drug-likeness (QED) is 0.826. The van der Waals surface area contributed by atoms with Gasteiger partial charge in [0.15, 0.2) is 5.76 Å². The number of hydrogen-bond acceptors (Lipinski definition) is 5. The van der Waals surface area contributed by atoms with Gasteiger partial charge in [0.25, 0.3) is 0 Å². The van der Waals surface area contributed by atoms with Crippen LogP contribution in [0.5, 0.6) is 0 Å². The number of fused-ring (bicyclic) bond motifs is 2. The molecule has 142 valence electrons. The summed E-state index contributed by atoms with van der Waals surface area (Å²) in [4.78, 5) is 0.236. The van der Waals surface area contributed by atoms with Gasteiger partial charge in [0.1, 0.15) is 0 Å². The van der Waals surface area contributed by atoms with Crippen LogP contribution in [0.3, 0.4) is 0 Å². The van der Waals surface area contributed by atoms with Gasteiger partial charge in [-0.15, -0.1) is 12.4 Å². The lowest BCUT2D eigenvalue weighted by Crippen LogP contribution is -2.53. The molecule has 2 atom stereocenters. The van der Waals surface area contributed by atoms with Gasteiger partial charge in [-0.1, -0.05) is 23.7 Å². The molecule has 1 heterocycles. The second-order valence-corrected chi connectivity index (χ2v) is 8.88. The average Bonchev–Trinajstić information content (AvgIpc) is 3.10. The number of aromatic nitrogens is 1. The largest absolute Gasteiger partial charge is 0.356 e. The Labute approximate surface area is 160 Å². The van der Waals surface area contributed by atoms with Crippen molar-refractivity contribution in [1.82, 2.24) is 9.88 Å². The molecule has 0 aliphatic heterocycles. The van der Waals surface area contributed by atoms with E-state index in [1.165, 1.54) is 6.20 Å². The fourth-order valence-corrected chi connectivity index (χ4v) is 6.07. The minimum absolute atomic E-state index is 0. The van der Waals surface area contributed by atoms with Gasteiger partial charge in [0.2, 0.25) is 10.0 Å². The van der Waals surface area contributed by atoms with Crippen LogP contribution in [-0.2, 0) is 10.0 Å². The third kappa shape index (κ3) is 3.67. The molecule has 2 saturated carbocycles. The van der Waals surface area contributed by atoms with E-state index in [1.54, 1.807) is 30.3 Å². The predicted octanol–water partition coefficient (Wildman–Crippen LogP) is 2.95. The Kier molecular flexibility index (Phi) is 5.72. The maximum Gasteiger partial charge on any atom is 0.241 e. The van der Waals surface area contributed by atoms with E-state index in [1.807, 2.05) is 0 Å². The summed E-state index contributed by atoms with van der Waals surface area (Å²) in [6.45, 7) is 0. The Morgan fingerprint density at radius 3 is 2.46 bits per heavy atom. The van der Waals surface area contributed by atoms with E-state index >= 15 is 0 Å². The molecule has 1 aromatic carbocycles. The second-order valence-electron chi connectivity index (χ2n) is 7.20. The summed E-state index contributed by atoms with van der Waals surface area (Å²) in [6.07, 6.45) is 6.55. The third-order valence-corrected chi connectivity index (χ3v) is 7.07. The first kappa shape index (κ1) is 19.4. The van der Waals surface area contributed by atoms with Gasteiger partial charge in [-0.3, -0.25) is 0 Å². The molecule has 1 aromatic heterocycles. The smallest absolute Gasteiger partial charge is 0.241 e. The van der Waals surface area contributed by atoms with Gasteiger partial charge in [-0.25, -0.2) is 13.1 Å². The summed E-state index contributed by atoms with van der Waals surface area (Å²) in [5.74, 6) is 1.11. The molecule has 4 rings (SSSR count). The highest BCUT2D eigenvalue weighted by Gasteiger charge is 2.41. The van der Waals surface area contributed by atoms with Crippen LogP contribution in [0, 0.1) is 11.8 Å². The maximum atomic E-state index is 13.1. The minimum Gasteiger partial charge on any atom is -0.356 e. The van der Waals surface area contributed by atoms with Crippen LogP contribution in [0.4, 0.5) is 0 Å². The lowest BCUT2D eigenvalue weighted by molar-refractivity contribution is 0.125. The van der Waals surface area contributed by atoms with Crippen molar-refractivity contribution in [2.75, 3.05) is 0 Å².